The third-order valence-electron chi connectivity index (χ3n) is 4.30. The fourth-order valence-corrected chi connectivity index (χ4v) is 2.86. The highest BCUT2D eigenvalue weighted by atomic mass is 16.2. The van der Waals surface area contributed by atoms with Crippen molar-refractivity contribution in [1.29, 1.82) is 0 Å². The van der Waals surface area contributed by atoms with Crippen molar-refractivity contribution in [3.8, 4) is 0 Å². The van der Waals surface area contributed by atoms with Gasteiger partial charge in [0.05, 0.1) is 0 Å². The van der Waals surface area contributed by atoms with Gasteiger partial charge in [0.25, 0.3) is 0 Å². The number of rotatable bonds is 7. The van der Waals surface area contributed by atoms with Gasteiger partial charge < -0.3 is 10.2 Å². The van der Waals surface area contributed by atoms with Crippen molar-refractivity contribution >= 4 is 11.8 Å². The van der Waals surface area contributed by atoms with Gasteiger partial charge in [-0.3, -0.25) is 9.59 Å². The summed E-state index contributed by atoms with van der Waals surface area (Å²) < 4.78 is 0. The second-order valence-electron chi connectivity index (χ2n) is 6.66. The lowest BCUT2D eigenvalue weighted by atomic mass is 9.94. The van der Waals surface area contributed by atoms with E-state index in [-0.39, 0.29) is 29.7 Å². The topological polar surface area (TPSA) is 49.4 Å². The molecular weight excluding hydrogens is 264 g/mol. The second-order valence-corrected chi connectivity index (χ2v) is 6.66. The summed E-state index contributed by atoms with van der Waals surface area (Å²) in [7, 11) is 0. The van der Waals surface area contributed by atoms with E-state index in [1.165, 1.54) is 19.3 Å². The van der Waals surface area contributed by atoms with Crippen LogP contribution < -0.4 is 5.32 Å². The predicted molar refractivity (Wildman–Crippen MR) is 85.9 cm³/mol. The van der Waals surface area contributed by atoms with Crippen LogP contribution in [0.5, 0.6) is 0 Å². The van der Waals surface area contributed by atoms with E-state index in [2.05, 4.69) is 19.2 Å². The van der Waals surface area contributed by atoms with Crippen molar-refractivity contribution in [3.05, 3.63) is 0 Å². The van der Waals surface area contributed by atoms with E-state index in [4.69, 9.17) is 0 Å². The number of carbonyl (C=O) groups excluding carboxylic acids is 2. The number of carbonyl (C=O) groups is 2. The van der Waals surface area contributed by atoms with Crippen LogP contribution in [0, 0.1) is 11.8 Å². The van der Waals surface area contributed by atoms with E-state index in [1.54, 1.807) is 0 Å². The number of nitrogens with one attached hydrogen (secondary N) is 1. The van der Waals surface area contributed by atoms with E-state index in [9.17, 15) is 9.59 Å². The van der Waals surface area contributed by atoms with E-state index in [1.807, 2.05) is 18.7 Å². The lowest BCUT2D eigenvalue weighted by Gasteiger charge is -2.33. The van der Waals surface area contributed by atoms with E-state index >= 15 is 0 Å². The van der Waals surface area contributed by atoms with Crippen LogP contribution in [0.4, 0.5) is 0 Å². The summed E-state index contributed by atoms with van der Waals surface area (Å²) in [4.78, 5) is 26.1. The Balaban J connectivity index is 2.30. The molecule has 1 N–H and O–H groups in total. The van der Waals surface area contributed by atoms with Crippen LogP contribution in [0.25, 0.3) is 0 Å². The number of amides is 2. The van der Waals surface area contributed by atoms with E-state index in [0.717, 1.165) is 32.4 Å². The molecule has 4 nitrogen and oxygen atoms in total. The SMILES string of the molecule is CCCCCC(C)NC(=O)C1CCN(C(=O)C(C)C)CC1. The molecule has 0 aromatic carbocycles. The first kappa shape index (κ1) is 18.0. The molecule has 1 atom stereocenters. The molecule has 1 saturated heterocycles. The van der Waals surface area contributed by atoms with Gasteiger partial charge in [-0.25, -0.2) is 0 Å². The fraction of sp³-hybridized carbons (Fsp3) is 0.882. The molecule has 0 spiro atoms. The number of nitrogens with zero attached hydrogens (tertiary/aromatic N) is 1. The summed E-state index contributed by atoms with van der Waals surface area (Å²) >= 11 is 0. The third kappa shape index (κ3) is 6.06. The minimum Gasteiger partial charge on any atom is -0.353 e. The smallest absolute Gasteiger partial charge is 0.225 e. The van der Waals surface area contributed by atoms with Gasteiger partial charge >= 0.3 is 0 Å². The molecule has 4 heteroatoms. The number of unbranched alkanes of at least 4 members (excludes halogenated alkanes) is 2. The Morgan fingerprint density at radius 1 is 1.14 bits per heavy atom. The highest BCUT2D eigenvalue weighted by Gasteiger charge is 2.28. The summed E-state index contributed by atoms with van der Waals surface area (Å²) in [5.41, 5.74) is 0. The summed E-state index contributed by atoms with van der Waals surface area (Å²) in [6.07, 6.45) is 6.28. The molecule has 21 heavy (non-hydrogen) atoms. The van der Waals surface area contributed by atoms with Crippen LogP contribution in [0.1, 0.15) is 66.2 Å². The molecule has 0 bridgehead atoms. The van der Waals surface area contributed by atoms with Crippen LogP contribution >= 0.6 is 0 Å². The van der Waals surface area contributed by atoms with Gasteiger partial charge in [-0.15, -0.1) is 0 Å². The molecule has 1 fully saturated rings. The van der Waals surface area contributed by atoms with Crippen molar-refractivity contribution in [2.75, 3.05) is 13.1 Å². The van der Waals surface area contributed by atoms with Crippen LogP contribution in [0.2, 0.25) is 0 Å². The molecule has 1 aliphatic heterocycles. The van der Waals surface area contributed by atoms with E-state index in [0.29, 0.717) is 0 Å². The lowest BCUT2D eigenvalue weighted by molar-refractivity contribution is -0.138. The largest absolute Gasteiger partial charge is 0.353 e. The number of hydrogen-bond donors (Lipinski definition) is 1. The molecule has 1 heterocycles. The summed E-state index contributed by atoms with van der Waals surface area (Å²) in [6, 6.07) is 0.263. The van der Waals surface area contributed by atoms with Crippen LogP contribution in [0.15, 0.2) is 0 Å². The normalized spacial score (nSPS) is 17.9. The Labute approximate surface area is 129 Å². The minimum absolute atomic E-state index is 0.0500. The van der Waals surface area contributed by atoms with Gasteiger partial charge in [-0.2, -0.15) is 0 Å². The Morgan fingerprint density at radius 3 is 2.29 bits per heavy atom. The van der Waals surface area contributed by atoms with Gasteiger partial charge in [0.1, 0.15) is 0 Å². The van der Waals surface area contributed by atoms with Gasteiger partial charge in [0, 0.05) is 31.0 Å². The first-order chi connectivity index (χ1) is 9.95. The van der Waals surface area contributed by atoms with Crippen LogP contribution in [-0.4, -0.2) is 35.8 Å². The minimum atomic E-state index is 0.0500. The first-order valence-electron chi connectivity index (χ1n) is 8.54. The molecule has 2 amide bonds. The molecule has 0 saturated carbocycles. The molecule has 0 aromatic rings. The zero-order chi connectivity index (χ0) is 15.8. The van der Waals surface area contributed by atoms with Crippen molar-refractivity contribution in [2.24, 2.45) is 11.8 Å². The van der Waals surface area contributed by atoms with E-state index < -0.39 is 0 Å². The molecule has 122 valence electrons. The maximum Gasteiger partial charge on any atom is 0.225 e. The van der Waals surface area contributed by atoms with Crippen molar-refractivity contribution < 1.29 is 9.59 Å². The highest BCUT2D eigenvalue weighted by molar-refractivity contribution is 5.80. The van der Waals surface area contributed by atoms with Crippen LogP contribution in [-0.2, 0) is 9.59 Å². The Hall–Kier alpha value is -1.06. The maximum absolute atomic E-state index is 12.2. The van der Waals surface area contributed by atoms with Gasteiger partial charge in [0.2, 0.25) is 11.8 Å². The van der Waals surface area contributed by atoms with Crippen molar-refractivity contribution in [3.63, 3.8) is 0 Å². The monoisotopic (exact) mass is 296 g/mol. The first-order valence-corrected chi connectivity index (χ1v) is 8.54. The maximum atomic E-state index is 12.2. The highest BCUT2D eigenvalue weighted by Crippen LogP contribution is 2.19. The standard InChI is InChI=1S/C17H32N2O2/c1-5-6-7-8-14(4)18-16(20)15-9-11-19(12-10-15)17(21)13(2)3/h13-15H,5-12H2,1-4H3,(H,18,20). The fourth-order valence-electron chi connectivity index (χ4n) is 2.86. The van der Waals surface area contributed by atoms with Gasteiger partial charge in [0.15, 0.2) is 0 Å². The molecule has 1 unspecified atom stereocenters. The molecule has 1 aliphatic rings. The second kappa shape index (κ2) is 9.06. The Kier molecular flexibility index (Phi) is 7.76. The average molecular weight is 296 g/mol. The lowest BCUT2D eigenvalue weighted by Crippen LogP contribution is -2.45. The summed E-state index contributed by atoms with van der Waals surface area (Å²) in [5.74, 6) is 0.515. The zero-order valence-electron chi connectivity index (χ0n) is 14.2. The Bertz CT molecular complexity index is 334. The molecule has 1 rings (SSSR count). The predicted octanol–water partition coefficient (Wildman–Crippen LogP) is 2.97. The van der Waals surface area contributed by atoms with Crippen molar-refractivity contribution in [1.82, 2.24) is 10.2 Å². The number of likely N-dealkylation sites (tertiary alicyclic amines) is 1. The molecular formula is C17H32N2O2. The molecule has 0 radical (unpaired) electrons. The number of piperidine rings is 1. The Morgan fingerprint density at radius 2 is 1.76 bits per heavy atom. The molecule has 0 aliphatic carbocycles. The van der Waals surface area contributed by atoms with Crippen LogP contribution in [0.3, 0.4) is 0 Å². The zero-order valence-corrected chi connectivity index (χ0v) is 14.2. The summed E-state index contributed by atoms with van der Waals surface area (Å²) in [5, 5.41) is 3.13. The van der Waals surface area contributed by atoms with Crippen molar-refractivity contribution in [2.45, 2.75) is 72.3 Å². The number of hydrogen-bond acceptors (Lipinski definition) is 2. The van der Waals surface area contributed by atoms with Gasteiger partial charge in [-0.1, -0.05) is 40.0 Å². The van der Waals surface area contributed by atoms with Gasteiger partial charge in [-0.05, 0) is 26.2 Å². The quantitative estimate of drug-likeness (QED) is 0.734. The average Bonchev–Trinajstić information content (AvgIpc) is 2.46. The third-order valence-corrected chi connectivity index (χ3v) is 4.30. The molecule has 0 aromatic heterocycles. The summed E-state index contributed by atoms with van der Waals surface area (Å²) in [6.45, 7) is 9.58.